The summed E-state index contributed by atoms with van der Waals surface area (Å²) in [6.07, 6.45) is 5.97. The number of ether oxygens (including phenoxy) is 1. The molecule has 1 aliphatic heterocycles. The van der Waals surface area contributed by atoms with Crippen molar-refractivity contribution in [1.82, 2.24) is 15.1 Å². The number of hydrogen-bond donors (Lipinski definition) is 1. The predicted molar refractivity (Wildman–Crippen MR) is 99.8 cm³/mol. The molecule has 1 saturated carbocycles. The molecule has 138 valence electrons. The zero-order valence-electron chi connectivity index (χ0n) is 15.6. The molecule has 0 bridgehead atoms. The lowest BCUT2D eigenvalue weighted by molar-refractivity contribution is -0.122. The van der Waals surface area contributed by atoms with Crippen molar-refractivity contribution >= 4 is 5.91 Å². The highest BCUT2D eigenvalue weighted by molar-refractivity contribution is 5.95. The molecule has 1 amide bonds. The van der Waals surface area contributed by atoms with E-state index >= 15 is 0 Å². The zero-order valence-corrected chi connectivity index (χ0v) is 15.6. The fourth-order valence-corrected chi connectivity index (χ4v) is 4.03. The van der Waals surface area contributed by atoms with Crippen LogP contribution in [0.25, 0.3) is 0 Å². The van der Waals surface area contributed by atoms with Crippen molar-refractivity contribution in [2.45, 2.75) is 64.8 Å². The van der Waals surface area contributed by atoms with E-state index in [-0.39, 0.29) is 23.5 Å². The van der Waals surface area contributed by atoms with Crippen LogP contribution in [-0.2, 0) is 24.3 Å². The van der Waals surface area contributed by atoms with Gasteiger partial charge in [-0.3, -0.25) is 9.48 Å². The monoisotopic (exact) mass is 353 g/mol. The van der Waals surface area contributed by atoms with Crippen LogP contribution in [0.2, 0.25) is 0 Å². The minimum atomic E-state index is -0.0718. The van der Waals surface area contributed by atoms with E-state index in [1.54, 1.807) is 6.20 Å². The molecule has 1 aromatic heterocycles. The molecular formula is C21H27N3O2. The van der Waals surface area contributed by atoms with Crippen LogP contribution in [0.1, 0.15) is 54.7 Å². The molecule has 0 saturated heterocycles. The number of rotatable bonds is 5. The lowest BCUT2D eigenvalue weighted by Gasteiger charge is -2.51. The summed E-state index contributed by atoms with van der Waals surface area (Å²) in [5.74, 6) is 0.00716. The summed E-state index contributed by atoms with van der Waals surface area (Å²) >= 11 is 0. The van der Waals surface area contributed by atoms with Crippen molar-refractivity contribution in [3.63, 3.8) is 0 Å². The Morgan fingerprint density at radius 3 is 2.88 bits per heavy atom. The van der Waals surface area contributed by atoms with Crippen molar-refractivity contribution in [1.29, 1.82) is 0 Å². The van der Waals surface area contributed by atoms with Gasteiger partial charge < -0.3 is 10.1 Å². The van der Waals surface area contributed by atoms with Gasteiger partial charge in [0.25, 0.3) is 5.91 Å². The Labute approximate surface area is 154 Å². The number of carbonyl (C=O) groups is 1. The van der Waals surface area contributed by atoms with E-state index < -0.39 is 0 Å². The third-order valence-corrected chi connectivity index (χ3v) is 6.00. The molecule has 26 heavy (non-hydrogen) atoms. The van der Waals surface area contributed by atoms with Crippen LogP contribution in [0.15, 0.2) is 36.5 Å². The lowest BCUT2D eigenvalue weighted by Crippen LogP contribution is -2.62. The number of benzene rings is 1. The predicted octanol–water partition coefficient (Wildman–Crippen LogP) is 3.33. The highest BCUT2D eigenvalue weighted by Gasteiger charge is 2.49. The normalized spacial score (nSPS) is 23.8. The number of aromatic nitrogens is 2. The second kappa shape index (κ2) is 6.88. The largest absolute Gasteiger partial charge is 0.373 e. The number of aryl methyl sites for hydroxylation is 1. The second-order valence-corrected chi connectivity index (χ2v) is 8.05. The maximum atomic E-state index is 12.7. The van der Waals surface area contributed by atoms with E-state index in [4.69, 9.17) is 4.74 Å². The Balaban J connectivity index is 1.35. The fourth-order valence-electron chi connectivity index (χ4n) is 4.03. The van der Waals surface area contributed by atoms with Gasteiger partial charge in [0.2, 0.25) is 0 Å². The lowest BCUT2D eigenvalue weighted by atomic mass is 9.64. The van der Waals surface area contributed by atoms with E-state index in [0.29, 0.717) is 6.61 Å². The number of amides is 1. The number of hydrogen-bond acceptors (Lipinski definition) is 3. The third kappa shape index (κ3) is 3.16. The van der Waals surface area contributed by atoms with Gasteiger partial charge in [0.1, 0.15) is 0 Å². The average Bonchev–Trinajstić information content (AvgIpc) is 3.09. The van der Waals surface area contributed by atoms with Gasteiger partial charge in [0.15, 0.2) is 0 Å². The van der Waals surface area contributed by atoms with Crippen LogP contribution in [0.5, 0.6) is 0 Å². The molecule has 5 nitrogen and oxygen atoms in total. The maximum Gasteiger partial charge on any atom is 0.254 e. The Kier molecular flexibility index (Phi) is 4.57. The Bertz CT molecular complexity index is 782. The summed E-state index contributed by atoms with van der Waals surface area (Å²) in [4.78, 5) is 12.7. The molecule has 4 rings (SSSR count). The Hall–Kier alpha value is -2.14. The smallest absolute Gasteiger partial charge is 0.254 e. The first-order valence-electron chi connectivity index (χ1n) is 9.57. The average molecular weight is 353 g/mol. The second-order valence-electron chi connectivity index (χ2n) is 8.05. The molecule has 1 aromatic carbocycles. The van der Waals surface area contributed by atoms with Crippen molar-refractivity contribution in [2.75, 3.05) is 0 Å². The molecule has 2 atom stereocenters. The van der Waals surface area contributed by atoms with Crippen LogP contribution >= 0.6 is 0 Å². The van der Waals surface area contributed by atoms with Gasteiger partial charge in [-0.2, -0.15) is 5.10 Å². The number of nitrogens with one attached hydrogen (secondary N) is 1. The van der Waals surface area contributed by atoms with E-state index in [1.165, 1.54) is 5.56 Å². The van der Waals surface area contributed by atoms with E-state index in [2.05, 4.69) is 36.4 Å². The summed E-state index contributed by atoms with van der Waals surface area (Å²) < 4.78 is 8.09. The van der Waals surface area contributed by atoms with Gasteiger partial charge >= 0.3 is 0 Å². The molecular weight excluding hydrogens is 326 g/mol. The summed E-state index contributed by atoms with van der Waals surface area (Å²) in [5, 5.41) is 7.59. The van der Waals surface area contributed by atoms with E-state index in [9.17, 15) is 4.79 Å². The summed E-state index contributed by atoms with van der Waals surface area (Å²) in [6, 6.07) is 10.4. The number of nitrogens with zero attached hydrogens (tertiary/aromatic N) is 2. The molecule has 1 aliphatic carbocycles. The van der Waals surface area contributed by atoms with Crippen molar-refractivity contribution in [2.24, 2.45) is 5.41 Å². The highest BCUT2D eigenvalue weighted by atomic mass is 16.5. The third-order valence-electron chi connectivity index (χ3n) is 6.00. The number of fused-ring (bicyclic) bond motifs is 1. The quantitative estimate of drug-likeness (QED) is 0.897. The molecule has 2 unspecified atom stereocenters. The molecule has 2 heterocycles. The molecule has 0 radical (unpaired) electrons. The standard InChI is InChI=1S/C21H27N3O2/c1-21(2)18(12-19(21)26-14-15-8-4-3-5-9-15)23-20(25)16-13-22-24-11-7-6-10-17(16)24/h3-5,8-9,13,18-19H,6-7,10-12,14H2,1-2H3,(H,23,25). The molecule has 1 fully saturated rings. The van der Waals surface area contributed by atoms with Gasteiger partial charge in [-0.15, -0.1) is 0 Å². The fraction of sp³-hybridized carbons (Fsp3) is 0.524. The SMILES string of the molecule is CC1(C)C(NC(=O)c2cnn3c2CCCC3)CC1OCc1ccccc1. The molecule has 2 aromatic rings. The Morgan fingerprint density at radius 2 is 2.12 bits per heavy atom. The van der Waals surface area contributed by atoms with Gasteiger partial charge in [0.05, 0.1) is 30.2 Å². The topological polar surface area (TPSA) is 56.2 Å². The Morgan fingerprint density at radius 1 is 1.31 bits per heavy atom. The van der Waals surface area contributed by atoms with Crippen molar-refractivity contribution in [3.05, 3.63) is 53.3 Å². The van der Waals surface area contributed by atoms with Crippen LogP contribution in [0.3, 0.4) is 0 Å². The molecule has 0 spiro atoms. The first kappa shape index (κ1) is 17.3. The van der Waals surface area contributed by atoms with E-state index in [0.717, 1.165) is 43.5 Å². The van der Waals surface area contributed by atoms with Crippen molar-refractivity contribution in [3.8, 4) is 0 Å². The molecule has 2 aliphatic rings. The van der Waals surface area contributed by atoms with Crippen LogP contribution in [0, 0.1) is 5.41 Å². The van der Waals surface area contributed by atoms with Crippen LogP contribution in [0.4, 0.5) is 0 Å². The van der Waals surface area contributed by atoms with Crippen LogP contribution < -0.4 is 5.32 Å². The minimum Gasteiger partial charge on any atom is -0.373 e. The minimum absolute atomic E-state index is 0.00716. The summed E-state index contributed by atoms with van der Waals surface area (Å²) in [6.45, 7) is 5.88. The van der Waals surface area contributed by atoms with Crippen LogP contribution in [-0.4, -0.2) is 27.8 Å². The van der Waals surface area contributed by atoms with Gasteiger partial charge in [0, 0.05) is 18.0 Å². The zero-order chi connectivity index (χ0) is 18.1. The maximum absolute atomic E-state index is 12.7. The van der Waals surface area contributed by atoms with E-state index in [1.807, 2.05) is 22.9 Å². The highest BCUT2D eigenvalue weighted by Crippen LogP contribution is 2.43. The summed E-state index contributed by atoms with van der Waals surface area (Å²) in [5.41, 5.74) is 2.94. The number of carbonyl (C=O) groups excluding carboxylic acids is 1. The first-order valence-corrected chi connectivity index (χ1v) is 9.57. The molecule has 1 N–H and O–H groups in total. The van der Waals surface area contributed by atoms with Crippen molar-refractivity contribution < 1.29 is 9.53 Å². The first-order chi connectivity index (χ1) is 12.6. The van der Waals surface area contributed by atoms with Gasteiger partial charge in [-0.1, -0.05) is 44.2 Å². The van der Waals surface area contributed by atoms with Gasteiger partial charge in [-0.05, 0) is 31.2 Å². The van der Waals surface area contributed by atoms with Gasteiger partial charge in [-0.25, -0.2) is 0 Å². The summed E-state index contributed by atoms with van der Waals surface area (Å²) in [7, 11) is 0. The molecule has 5 heteroatoms.